The SMILES string of the molecule is CCn1nccc1CN(C)C(=O)C(C)n1cc([N+](=O)[O-])c(C)n1. The molecule has 2 aromatic rings. The molecule has 1 atom stereocenters. The predicted molar refractivity (Wildman–Crippen MR) is 82.7 cm³/mol. The predicted octanol–water partition coefficient (Wildman–Crippen LogP) is 1.54. The Kier molecular flexibility index (Phi) is 4.77. The third kappa shape index (κ3) is 3.38. The number of likely N-dealkylation sites (N-methyl/N-ethyl adjacent to an activating group) is 1. The van der Waals surface area contributed by atoms with E-state index in [0.717, 1.165) is 12.2 Å². The van der Waals surface area contributed by atoms with Crippen molar-refractivity contribution in [3.8, 4) is 0 Å². The minimum Gasteiger partial charge on any atom is -0.338 e. The number of hydrogen-bond donors (Lipinski definition) is 0. The topological polar surface area (TPSA) is 99.1 Å². The van der Waals surface area contributed by atoms with Crippen LogP contribution in [0.5, 0.6) is 0 Å². The van der Waals surface area contributed by atoms with E-state index in [1.54, 1.807) is 32.0 Å². The number of carbonyl (C=O) groups is 1. The van der Waals surface area contributed by atoms with Crippen molar-refractivity contribution in [1.29, 1.82) is 0 Å². The Morgan fingerprint density at radius 1 is 1.52 bits per heavy atom. The summed E-state index contributed by atoms with van der Waals surface area (Å²) in [5.41, 5.74) is 1.14. The van der Waals surface area contributed by atoms with Crippen LogP contribution in [0, 0.1) is 17.0 Å². The fourth-order valence-electron chi connectivity index (χ4n) is 2.38. The first kappa shape index (κ1) is 16.7. The third-order valence-corrected chi connectivity index (χ3v) is 3.72. The molecule has 9 heteroatoms. The van der Waals surface area contributed by atoms with Crippen LogP contribution in [0.15, 0.2) is 18.5 Å². The standard InChI is InChI=1S/C14H20N6O3/c1-5-18-12(6-7-15-18)8-17(4)14(21)11(3)19-9-13(20(22)23)10(2)16-19/h6-7,9,11H,5,8H2,1-4H3. The number of rotatable bonds is 6. The Balaban J connectivity index is 2.12. The summed E-state index contributed by atoms with van der Waals surface area (Å²) in [4.78, 5) is 24.5. The quantitative estimate of drug-likeness (QED) is 0.594. The zero-order valence-electron chi connectivity index (χ0n) is 13.6. The van der Waals surface area contributed by atoms with Gasteiger partial charge in [-0.05, 0) is 26.8 Å². The normalized spacial score (nSPS) is 12.2. The van der Waals surface area contributed by atoms with E-state index in [1.807, 2.05) is 17.7 Å². The van der Waals surface area contributed by atoms with Gasteiger partial charge in [-0.2, -0.15) is 10.2 Å². The highest BCUT2D eigenvalue weighted by Crippen LogP contribution is 2.19. The monoisotopic (exact) mass is 320 g/mol. The summed E-state index contributed by atoms with van der Waals surface area (Å²) >= 11 is 0. The summed E-state index contributed by atoms with van der Waals surface area (Å²) in [6, 6.07) is 1.24. The summed E-state index contributed by atoms with van der Waals surface area (Å²) in [5, 5.41) is 19.1. The van der Waals surface area contributed by atoms with Crippen LogP contribution in [-0.4, -0.2) is 42.3 Å². The zero-order valence-corrected chi connectivity index (χ0v) is 13.6. The number of carbonyl (C=O) groups excluding carboxylic acids is 1. The average Bonchev–Trinajstić information content (AvgIpc) is 3.11. The molecule has 0 aliphatic heterocycles. The highest BCUT2D eigenvalue weighted by Gasteiger charge is 2.24. The molecule has 0 aliphatic rings. The van der Waals surface area contributed by atoms with Crippen molar-refractivity contribution in [2.24, 2.45) is 0 Å². The maximum Gasteiger partial charge on any atom is 0.309 e. The lowest BCUT2D eigenvalue weighted by molar-refractivity contribution is -0.385. The van der Waals surface area contributed by atoms with Crippen molar-refractivity contribution in [2.45, 2.75) is 39.9 Å². The van der Waals surface area contributed by atoms with Gasteiger partial charge in [0.25, 0.3) is 0 Å². The molecule has 2 rings (SSSR count). The smallest absolute Gasteiger partial charge is 0.309 e. The largest absolute Gasteiger partial charge is 0.338 e. The molecule has 0 saturated carbocycles. The lowest BCUT2D eigenvalue weighted by atomic mass is 10.3. The fraction of sp³-hybridized carbons (Fsp3) is 0.500. The van der Waals surface area contributed by atoms with Gasteiger partial charge in [-0.1, -0.05) is 0 Å². The fourth-order valence-corrected chi connectivity index (χ4v) is 2.38. The lowest BCUT2D eigenvalue weighted by Gasteiger charge is -2.21. The van der Waals surface area contributed by atoms with Crippen LogP contribution >= 0.6 is 0 Å². The number of hydrogen-bond acceptors (Lipinski definition) is 5. The molecule has 124 valence electrons. The molecular formula is C14H20N6O3. The summed E-state index contributed by atoms with van der Waals surface area (Å²) in [7, 11) is 1.69. The summed E-state index contributed by atoms with van der Waals surface area (Å²) < 4.78 is 3.15. The van der Waals surface area contributed by atoms with Crippen LogP contribution in [0.25, 0.3) is 0 Å². The van der Waals surface area contributed by atoms with Crippen LogP contribution < -0.4 is 0 Å². The molecule has 9 nitrogen and oxygen atoms in total. The van der Waals surface area contributed by atoms with Gasteiger partial charge in [-0.3, -0.25) is 24.3 Å². The first-order valence-corrected chi connectivity index (χ1v) is 7.31. The molecule has 23 heavy (non-hydrogen) atoms. The van der Waals surface area contributed by atoms with Gasteiger partial charge in [0.1, 0.15) is 17.9 Å². The Hall–Kier alpha value is -2.71. The van der Waals surface area contributed by atoms with E-state index in [9.17, 15) is 14.9 Å². The summed E-state index contributed by atoms with van der Waals surface area (Å²) in [6.45, 7) is 6.35. The number of nitro groups is 1. The van der Waals surface area contributed by atoms with Gasteiger partial charge in [0.15, 0.2) is 0 Å². The van der Waals surface area contributed by atoms with Gasteiger partial charge in [-0.25, -0.2) is 0 Å². The summed E-state index contributed by atoms with van der Waals surface area (Å²) in [6.07, 6.45) is 2.99. The van der Waals surface area contributed by atoms with E-state index in [-0.39, 0.29) is 11.6 Å². The molecule has 0 spiro atoms. The molecule has 0 aromatic carbocycles. The van der Waals surface area contributed by atoms with E-state index in [1.165, 1.54) is 10.9 Å². The maximum absolute atomic E-state index is 12.5. The summed E-state index contributed by atoms with van der Waals surface area (Å²) in [5.74, 6) is -0.175. The minimum absolute atomic E-state index is 0.0867. The highest BCUT2D eigenvalue weighted by atomic mass is 16.6. The molecule has 0 N–H and O–H groups in total. The van der Waals surface area contributed by atoms with E-state index in [2.05, 4.69) is 10.2 Å². The van der Waals surface area contributed by atoms with Crippen molar-refractivity contribution in [2.75, 3.05) is 7.05 Å². The Morgan fingerprint density at radius 2 is 2.22 bits per heavy atom. The molecule has 0 aliphatic carbocycles. The zero-order chi connectivity index (χ0) is 17.1. The van der Waals surface area contributed by atoms with E-state index in [4.69, 9.17) is 0 Å². The minimum atomic E-state index is -0.620. The first-order chi connectivity index (χ1) is 10.8. The molecule has 2 heterocycles. The lowest BCUT2D eigenvalue weighted by Crippen LogP contribution is -2.33. The highest BCUT2D eigenvalue weighted by molar-refractivity contribution is 5.79. The van der Waals surface area contributed by atoms with Crippen LogP contribution in [0.4, 0.5) is 5.69 Å². The van der Waals surface area contributed by atoms with Crippen LogP contribution in [-0.2, 0) is 17.9 Å². The van der Waals surface area contributed by atoms with Crippen LogP contribution in [0.2, 0.25) is 0 Å². The van der Waals surface area contributed by atoms with Crippen molar-refractivity contribution in [3.05, 3.63) is 40.0 Å². The van der Waals surface area contributed by atoms with E-state index >= 15 is 0 Å². The first-order valence-electron chi connectivity index (χ1n) is 7.31. The molecule has 0 saturated heterocycles. The van der Waals surface area contributed by atoms with Gasteiger partial charge in [0, 0.05) is 19.8 Å². The van der Waals surface area contributed by atoms with Crippen LogP contribution in [0.3, 0.4) is 0 Å². The number of aryl methyl sites for hydroxylation is 2. The Morgan fingerprint density at radius 3 is 2.78 bits per heavy atom. The van der Waals surface area contributed by atoms with Gasteiger partial charge in [0.05, 0.1) is 17.2 Å². The van der Waals surface area contributed by atoms with Crippen molar-refractivity contribution < 1.29 is 9.72 Å². The second-order valence-electron chi connectivity index (χ2n) is 5.35. The number of amides is 1. The average molecular weight is 320 g/mol. The molecule has 0 fully saturated rings. The molecule has 0 bridgehead atoms. The maximum atomic E-state index is 12.5. The molecule has 0 radical (unpaired) electrons. The van der Waals surface area contributed by atoms with Gasteiger partial charge >= 0.3 is 5.69 Å². The second kappa shape index (κ2) is 6.59. The third-order valence-electron chi connectivity index (χ3n) is 3.72. The molecule has 1 unspecified atom stereocenters. The van der Waals surface area contributed by atoms with Crippen molar-refractivity contribution in [3.63, 3.8) is 0 Å². The van der Waals surface area contributed by atoms with Gasteiger partial charge in [-0.15, -0.1) is 0 Å². The van der Waals surface area contributed by atoms with Crippen LogP contribution in [0.1, 0.15) is 31.3 Å². The number of nitrogens with zero attached hydrogens (tertiary/aromatic N) is 6. The second-order valence-corrected chi connectivity index (χ2v) is 5.35. The van der Waals surface area contributed by atoms with Crippen molar-refractivity contribution >= 4 is 11.6 Å². The molecular weight excluding hydrogens is 300 g/mol. The van der Waals surface area contributed by atoms with Gasteiger partial charge in [0.2, 0.25) is 5.91 Å². The Labute approximate surface area is 133 Å². The van der Waals surface area contributed by atoms with E-state index in [0.29, 0.717) is 12.2 Å². The van der Waals surface area contributed by atoms with Crippen molar-refractivity contribution in [1.82, 2.24) is 24.5 Å². The van der Waals surface area contributed by atoms with Gasteiger partial charge < -0.3 is 4.90 Å². The van der Waals surface area contributed by atoms with E-state index < -0.39 is 11.0 Å². The Bertz CT molecular complexity index is 720. The molecule has 2 aromatic heterocycles. The number of aromatic nitrogens is 4. The molecule has 1 amide bonds.